The minimum Gasteiger partial charge on any atom is -0.497 e. The van der Waals surface area contributed by atoms with E-state index >= 15 is 0 Å². The highest BCUT2D eigenvalue weighted by molar-refractivity contribution is 8.00. The third kappa shape index (κ3) is 4.53. The normalized spacial score (nSPS) is 11.8. The average Bonchev–Trinajstić information content (AvgIpc) is 3.12. The van der Waals surface area contributed by atoms with Gasteiger partial charge in [0, 0.05) is 11.8 Å². The highest BCUT2D eigenvalue weighted by Gasteiger charge is 2.19. The number of hydrogen-bond donors (Lipinski definition) is 1. The van der Waals surface area contributed by atoms with E-state index in [1.165, 1.54) is 18.0 Å². The summed E-state index contributed by atoms with van der Waals surface area (Å²) >= 11 is 6.94. The third-order valence-electron chi connectivity index (χ3n) is 3.37. The Labute approximate surface area is 159 Å². The number of pyridine rings is 1. The van der Waals surface area contributed by atoms with Gasteiger partial charge in [-0.2, -0.15) is 0 Å². The number of nitrogens with zero attached hydrogens (tertiary/aromatic N) is 3. The SMILES string of the molecule is COc1ccc(-c2nnc(S[C@H](C)C(=O)Nc3ccc(Cl)cn3)o2)cc1. The first-order valence-electron chi connectivity index (χ1n) is 7.62. The average molecular weight is 391 g/mol. The Morgan fingerprint density at radius 1 is 1.23 bits per heavy atom. The van der Waals surface area contributed by atoms with Crippen molar-refractivity contribution in [1.29, 1.82) is 0 Å². The van der Waals surface area contributed by atoms with Gasteiger partial charge in [0.2, 0.25) is 11.8 Å². The molecule has 0 saturated carbocycles. The number of nitrogens with one attached hydrogen (secondary N) is 1. The predicted octanol–water partition coefficient (Wildman–Crippen LogP) is 3.91. The topological polar surface area (TPSA) is 90.1 Å². The second-order valence-electron chi connectivity index (χ2n) is 5.21. The summed E-state index contributed by atoms with van der Waals surface area (Å²) in [6.45, 7) is 1.74. The first kappa shape index (κ1) is 18.2. The van der Waals surface area contributed by atoms with Crippen molar-refractivity contribution in [2.24, 2.45) is 0 Å². The molecule has 1 aromatic carbocycles. The number of carbonyl (C=O) groups excluding carboxylic acids is 1. The summed E-state index contributed by atoms with van der Waals surface area (Å²) in [5.74, 6) is 1.32. The number of ether oxygens (including phenoxy) is 1. The molecule has 0 aliphatic carbocycles. The van der Waals surface area contributed by atoms with Crippen LogP contribution in [-0.4, -0.2) is 33.4 Å². The molecule has 0 aliphatic heterocycles. The van der Waals surface area contributed by atoms with Crippen LogP contribution in [0.25, 0.3) is 11.5 Å². The number of thioether (sulfide) groups is 1. The number of anilines is 1. The largest absolute Gasteiger partial charge is 0.497 e. The second-order valence-corrected chi connectivity index (χ2v) is 6.94. The summed E-state index contributed by atoms with van der Waals surface area (Å²) in [6, 6.07) is 10.5. The molecule has 3 aromatic rings. The lowest BCUT2D eigenvalue weighted by molar-refractivity contribution is -0.115. The van der Waals surface area contributed by atoms with Gasteiger partial charge in [0.15, 0.2) is 0 Å². The number of rotatable bonds is 6. The molecule has 0 radical (unpaired) electrons. The molecule has 0 aliphatic rings. The molecular weight excluding hydrogens is 376 g/mol. The molecule has 2 aromatic heterocycles. The summed E-state index contributed by atoms with van der Waals surface area (Å²) in [4.78, 5) is 16.3. The minimum absolute atomic E-state index is 0.228. The van der Waals surface area contributed by atoms with E-state index in [2.05, 4.69) is 20.5 Å². The molecule has 1 amide bonds. The molecule has 0 spiro atoms. The molecule has 1 N–H and O–H groups in total. The van der Waals surface area contributed by atoms with Gasteiger partial charge < -0.3 is 14.5 Å². The van der Waals surface area contributed by atoms with Crippen LogP contribution in [0.2, 0.25) is 5.02 Å². The van der Waals surface area contributed by atoms with E-state index in [1.54, 1.807) is 26.2 Å². The Bertz CT molecular complexity index is 884. The number of benzene rings is 1. The summed E-state index contributed by atoms with van der Waals surface area (Å²) in [5, 5.41) is 11.1. The molecular formula is C17H15ClN4O3S. The number of aromatic nitrogens is 3. The second kappa shape index (κ2) is 8.20. The zero-order valence-corrected chi connectivity index (χ0v) is 15.5. The van der Waals surface area contributed by atoms with Gasteiger partial charge >= 0.3 is 0 Å². The first-order chi connectivity index (χ1) is 12.5. The van der Waals surface area contributed by atoms with Crippen LogP contribution in [0.5, 0.6) is 5.75 Å². The van der Waals surface area contributed by atoms with Gasteiger partial charge in [0.1, 0.15) is 11.6 Å². The number of halogens is 1. The fraction of sp³-hybridized carbons (Fsp3) is 0.176. The van der Waals surface area contributed by atoms with E-state index in [9.17, 15) is 4.79 Å². The van der Waals surface area contributed by atoms with Crippen LogP contribution in [0.3, 0.4) is 0 Å². The quantitative estimate of drug-likeness (QED) is 0.638. The molecule has 7 nitrogen and oxygen atoms in total. The van der Waals surface area contributed by atoms with Crippen LogP contribution in [0, 0.1) is 0 Å². The van der Waals surface area contributed by atoms with E-state index in [0.717, 1.165) is 11.3 Å². The maximum absolute atomic E-state index is 12.2. The Kier molecular flexibility index (Phi) is 5.75. The van der Waals surface area contributed by atoms with Gasteiger partial charge in [-0.3, -0.25) is 4.79 Å². The summed E-state index contributed by atoms with van der Waals surface area (Å²) in [5.41, 5.74) is 0.771. The number of amides is 1. The highest BCUT2D eigenvalue weighted by Crippen LogP contribution is 2.27. The minimum atomic E-state index is -0.448. The van der Waals surface area contributed by atoms with Gasteiger partial charge in [-0.05, 0) is 43.3 Å². The van der Waals surface area contributed by atoms with Gasteiger partial charge in [0.25, 0.3) is 5.22 Å². The fourth-order valence-electron chi connectivity index (χ4n) is 1.99. The zero-order chi connectivity index (χ0) is 18.5. The van der Waals surface area contributed by atoms with Crippen LogP contribution >= 0.6 is 23.4 Å². The summed E-state index contributed by atoms with van der Waals surface area (Å²) in [7, 11) is 1.60. The molecule has 2 heterocycles. The van der Waals surface area contributed by atoms with Crippen molar-refractivity contribution >= 4 is 35.1 Å². The first-order valence-corrected chi connectivity index (χ1v) is 8.88. The Hall–Kier alpha value is -2.58. The van der Waals surface area contributed by atoms with Crippen molar-refractivity contribution in [3.8, 4) is 17.2 Å². The molecule has 0 bridgehead atoms. The van der Waals surface area contributed by atoms with Crippen LogP contribution < -0.4 is 10.1 Å². The Morgan fingerprint density at radius 2 is 2.00 bits per heavy atom. The summed E-state index contributed by atoms with van der Waals surface area (Å²) < 4.78 is 10.7. The number of hydrogen-bond acceptors (Lipinski definition) is 7. The van der Waals surface area contributed by atoms with Crippen molar-refractivity contribution < 1.29 is 13.9 Å². The van der Waals surface area contributed by atoms with Gasteiger partial charge in [0.05, 0.1) is 17.4 Å². The molecule has 9 heteroatoms. The van der Waals surface area contributed by atoms with Crippen LogP contribution in [-0.2, 0) is 4.79 Å². The van der Waals surface area contributed by atoms with E-state index in [0.29, 0.717) is 22.0 Å². The van der Waals surface area contributed by atoms with E-state index < -0.39 is 5.25 Å². The molecule has 1 atom stereocenters. The van der Waals surface area contributed by atoms with Gasteiger partial charge in [-0.25, -0.2) is 4.98 Å². The lowest BCUT2D eigenvalue weighted by Gasteiger charge is -2.09. The third-order valence-corrected chi connectivity index (χ3v) is 4.53. The summed E-state index contributed by atoms with van der Waals surface area (Å²) in [6.07, 6.45) is 1.47. The standard InChI is InChI=1S/C17H15ClN4O3S/c1-10(15(23)20-14-8-5-12(18)9-19-14)26-17-22-21-16(25-17)11-3-6-13(24-2)7-4-11/h3-10H,1-2H3,(H,19,20,23)/t10-/m1/s1. The van der Waals surface area contributed by atoms with Gasteiger partial charge in [-0.15, -0.1) is 10.2 Å². The monoisotopic (exact) mass is 390 g/mol. The molecule has 3 rings (SSSR count). The highest BCUT2D eigenvalue weighted by atomic mass is 35.5. The van der Waals surface area contributed by atoms with Crippen LogP contribution in [0.4, 0.5) is 5.82 Å². The molecule has 134 valence electrons. The van der Waals surface area contributed by atoms with Crippen molar-refractivity contribution in [2.45, 2.75) is 17.4 Å². The predicted molar refractivity (Wildman–Crippen MR) is 99.5 cm³/mol. The van der Waals surface area contributed by atoms with E-state index in [1.807, 2.05) is 24.3 Å². The van der Waals surface area contributed by atoms with Crippen LogP contribution in [0.15, 0.2) is 52.2 Å². The zero-order valence-electron chi connectivity index (χ0n) is 14.0. The van der Waals surface area contributed by atoms with Crippen molar-refractivity contribution in [2.75, 3.05) is 12.4 Å². The van der Waals surface area contributed by atoms with Crippen LogP contribution in [0.1, 0.15) is 6.92 Å². The fourth-order valence-corrected chi connectivity index (χ4v) is 2.79. The Balaban J connectivity index is 1.62. The van der Waals surface area contributed by atoms with E-state index in [4.69, 9.17) is 20.8 Å². The van der Waals surface area contributed by atoms with E-state index in [-0.39, 0.29) is 5.91 Å². The molecule has 0 fully saturated rings. The number of methoxy groups -OCH3 is 1. The van der Waals surface area contributed by atoms with Crippen molar-refractivity contribution in [3.63, 3.8) is 0 Å². The molecule has 0 unspecified atom stereocenters. The lowest BCUT2D eigenvalue weighted by atomic mass is 10.2. The maximum Gasteiger partial charge on any atom is 0.277 e. The lowest BCUT2D eigenvalue weighted by Crippen LogP contribution is -2.22. The number of carbonyl (C=O) groups is 1. The van der Waals surface area contributed by atoms with Gasteiger partial charge in [-0.1, -0.05) is 23.4 Å². The van der Waals surface area contributed by atoms with Crippen molar-refractivity contribution in [1.82, 2.24) is 15.2 Å². The van der Waals surface area contributed by atoms with Crippen molar-refractivity contribution in [3.05, 3.63) is 47.6 Å². The maximum atomic E-state index is 12.2. The molecule has 26 heavy (non-hydrogen) atoms. The Morgan fingerprint density at radius 3 is 2.65 bits per heavy atom. The molecule has 0 saturated heterocycles. The smallest absolute Gasteiger partial charge is 0.277 e.